The van der Waals surface area contributed by atoms with Crippen LogP contribution in [0.25, 0.3) is 0 Å². The van der Waals surface area contributed by atoms with Gasteiger partial charge in [0.2, 0.25) is 0 Å². The number of aliphatic hydroxyl groups is 1. The first-order valence-electron chi connectivity index (χ1n) is 6.55. The molecule has 1 N–H and O–H groups in total. The fourth-order valence-corrected chi connectivity index (χ4v) is 3.50. The molecule has 0 saturated carbocycles. The summed E-state index contributed by atoms with van der Waals surface area (Å²) in [6.07, 6.45) is 5.68. The van der Waals surface area contributed by atoms with Crippen molar-refractivity contribution < 1.29 is 9.84 Å². The molecule has 0 aliphatic heterocycles. The second kappa shape index (κ2) is 3.74. The Morgan fingerprint density at radius 3 is 2.94 bits per heavy atom. The first-order valence-corrected chi connectivity index (χ1v) is 6.55. The molecule has 17 heavy (non-hydrogen) atoms. The van der Waals surface area contributed by atoms with Crippen LogP contribution < -0.4 is 4.74 Å². The molecule has 3 rings (SSSR count). The van der Waals surface area contributed by atoms with E-state index in [1.807, 2.05) is 13.0 Å². The van der Waals surface area contributed by atoms with Crippen molar-refractivity contribution in [2.45, 2.75) is 50.5 Å². The van der Waals surface area contributed by atoms with Crippen LogP contribution in [0.2, 0.25) is 0 Å². The predicted molar refractivity (Wildman–Crippen MR) is 67.5 cm³/mol. The van der Waals surface area contributed by atoms with Crippen LogP contribution >= 0.6 is 0 Å². The number of ether oxygens (including phenoxy) is 1. The molecule has 2 aliphatic carbocycles. The van der Waals surface area contributed by atoms with Gasteiger partial charge >= 0.3 is 0 Å². The summed E-state index contributed by atoms with van der Waals surface area (Å²) in [7, 11) is 1.70. The Labute approximate surface area is 103 Å². The van der Waals surface area contributed by atoms with Crippen LogP contribution in [0.3, 0.4) is 0 Å². The summed E-state index contributed by atoms with van der Waals surface area (Å²) in [4.78, 5) is 0. The van der Waals surface area contributed by atoms with E-state index in [4.69, 9.17) is 4.74 Å². The van der Waals surface area contributed by atoms with Gasteiger partial charge in [-0.05, 0) is 73.8 Å². The Hall–Kier alpha value is -1.02. The molecule has 0 radical (unpaired) electrons. The minimum Gasteiger partial charge on any atom is -0.497 e. The molecule has 0 amide bonds. The third-order valence-corrected chi connectivity index (χ3v) is 4.44. The van der Waals surface area contributed by atoms with Crippen molar-refractivity contribution in [1.29, 1.82) is 0 Å². The Morgan fingerprint density at radius 1 is 1.35 bits per heavy atom. The van der Waals surface area contributed by atoms with E-state index in [9.17, 15) is 5.11 Å². The maximum absolute atomic E-state index is 10.6. The summed E-state index contributed by atoms with van der Waals surface area (Å²) < 4.78 is 5.36. The number of hydrogen-bond donors (Lipinski definition) is 1. The summed E-state index contributed by atoms with van der Waals surface area (Å²) in [6, 6.07) is 4.20. The zero-order valence-corrected chi connectivity index (χ0v) is 10.6. The molecule has 0 unspecified atom stereocenters. The zero-order valence-electron chi connectivity index (χ0n) is 10.6. The fourth-order valence-electron chi connectivity index (χ4n) is 3.50. The van der Waals surface area contributed by atoms with E-state index >= 15 is 0 Å². The molecule has 0 fully saturated rings. The molecule has 0 saturated heterocycles. The highest BCUT2D eigenvalue weighted by molar-refractivity contribution is 5.49. The van der Waals surface area contributed by atoms with Crippen molar-refractivity contribution in [3.8, 4) is 5.75 Å². The van der Waals surface area contributed by atoms with Gasteiger partial charge in [0, 0.05) is 0 Å². The second-order valence-corrected chi connectivity index (χ2v) is 5.65. The van der Waals surface area contributed by atoms with Crippen molar-refractivity contribution in [2.24, 2.45) is 0 Å². The zero-order chi connectivity index (χ0) is 12.0. The predicted octanol–water partition coefficient (Wildman–Crippen LogP) is 3.12. The van der Waals surface area contributed by atoms with Crippen LogP contribution in [0.5, 0.6) is 5.75 Å². The minimum absolute atomic E-state index is 0.667. The van der Waals surface area contributed by atoms with Crippen molar-refractivity contribution >= 4 is 0 Å². The van der Waals surface area contributed by atoms with Gasteiger partial charge in [-0.2, -0.15) is 0 Å². The quantitative estimate of drug-likeness (QED) is 0.806. The van der Waals surface area contributed by atoms with Crippen LogP contribution in [0.1, 0.15) is 55.2 Å². The lowest BCUT2D eigenvalue weighted by atomic mass is 9.68. The van der Waals surface area contributed by atoms with Crippen LogP contribution in [-0.4, -0.2) is 12.2 Å². The third kappa shape index (κ3) is 1.66. The van der Waals surface area contributed by atoms with Gasteiger partial charge in [0.25, 0.3) is 0 Å². The van der Waals surface area contributed by atoms with Crippen molar-refractivity contribution in [1.82, 2.24) is 0 Å². The lowest BCUT2D eigenvalue weighted by Crippen LogP contribution is -2.31. The standard InChI is InChI=1S/C15H20O2/c1-15(16)7-6-10-4-3-5-11-8-12(17-2)9-13(15)14(10)11/h8-10,16H,3-7H2,1-2H3/t10-,15-/m0/s1. The van der Waals surface area contributed by atoms with E-state index in [0.29, 0.717) is 5.92 Å². The average Bonchev–Trinajstić information content (AvgIpc) is 2.33. The summed E-state index contributed by atoms with van der Waals surface area (Å²) in [6.45, 7) is 1.94. The monoisotopic (exact) mass is 232 g/mol. The lowest BCUT2D eigenvalue weighted by molar-refractivity contribution is 0.0327. The molecule has 1 aromatic rings. The summed E-state index contributed by atoms with van der Waals surface area (Å²) in [5.74, 6) is 1.56. The maximum Gasteiger partial charge on any atom is 0.119 e. The Bertz CT molecular complexity index is 448. The van der Waals surface area contributed by atoms with E-state index in [1.54, 1.807) is 7.11 Å². The SMILES string of the molecule is COc1cc2c3c(c1)[C@@](C)(O)CC[C@@H]3CCC2. The third-order valence-electron chi connectivity index (χ3n) is 4.44. The largest absolute Gasteiger partial charge is 0.497 e. The van der Waals surface area contributed by atoms with Crippen LogP contribution in [0.15, 0.2) is 12.1 Å². The number of benzene rings is 1. The summed E-state index contributed by atoms with van der Waals surface area (Å²) >= 11 is 0. The number of rotatable bonds is 1. The number of hydrogen-bond acceptors (Lipinski definition) is 2. The summed E-state index contributed by atoms with van der Waals surface area (Å²) in [5.41, 5.74) is 3.26. The van der Waals surface area contributed by atoms with E-state index in [1.165, 1.54) is 24.0 Å². The highest BCUT2D eigenvalue weighted by atomic mass is 16.5. The molecule has 0 bridgehead atoms. The molecule has 2 nitrogen and oxygen atoms in total. The van der Waals surface area contributed by atoms with Crippen molar-refractivity contribution in [3.63, 3.8) is 0 Å². The summed E-state index contributed by atoms with van der Waals surface area (Å²) in [5, 5.41) is 10.6. The van der Waals surface area contributed by atoms with Gasteiger partial charge < -0.3 is 9.84 Å². The van der Waals surface area contributed by atoms with Gasteiger partial charge in [-0.3, -0.25) is 0 Å². The first-order chi connectivity index (χ1) is 8.12. The smallest absolute Gasteiger partial charge is 0.119 e. The minimum atomic E-state index is -0.674. The fraction of sp³-hybridized carbons (Fsp3) is 0.600. The van der Waals surface area contributed by atoms with E-state index < -0.39 is 5.60 Å². The molecule has 2 aliphatic rings. The van der Waals surface area contributed by atoms with E-state index in [-0.39, 0.29) is 0 Å². The first kappa shape index (κ1) is 11.1. The Morgan fingerprint density at radius 2 is 2.18 bits per heavy atom. The average molecular weight is 232 g/mol. The molecule has 1 aromatic carbocycles. The highest BCUT2D eigenvalue weighted by Gasteiger charge is 2.37. The van der Waals surface area contributed by atoms with Crippen molar-refractivity contribution in [3.05, 3.63) is 28.8 Å². The Kier molecular flexibility index (Phi) is 2.44. The lowest BCUT2D eigenvalue weighted by Gasteiger charge is -2.39. The molecule has 92 valence electrons. The van der Waals surface area contributed by atoms with Gasteiger partial charge in [-0.25, -0.2) is 0 Å². The molecule has 0 aromatic heterocycles. The van der Waals surface area contributed by atoms with Gasteiger partial charge in [-0.1, -0.05) is 0 Å². The maximum atomic E-state index is 10.6. The molecule has 2 atom stereocenters. The van der Waals surface area contributed by atoms with Crippen molar-refractivity contribution in [2.75, 3.05) is 7.11 Å². The number of aryl methyl sites for hydroxylation is 1. The molecular formula is C15H20O2. The molecule has 2 heteroatoms. The van der Waals surface area contributed by atoms with Gasteiger partial charge in [-0.15, -0.1) is 0 Å². The van der Waals surface area contributed by atoms with Crippen LogP contribution in [0, 0.1) is 0 Å². The van der Waals surface area contributed by atoms with Crippen LogP contribution in [-0.2, 0) is 12.0 Å². The Balaban J connectivity index is 2.22. The topological polar surface area (TPSA) is 29.5 Å². The van der Waals surface area contributed by atoms with Gasteiger partial charge in [0.1, 0.15) is 5.75 Å². The van der Waals surface area contributed by atoms with E-state index in [0.717, 1.165) is 30.6 Å². The molecular weight excluding hydrogens is 212 g/mol. The second-order valence-electron chi connectivity index (χ2n) is 5.65. The normalized spacial score (nSPS) is 30.9. The van der Waals surface area contributed by atoms with E-state index in [2.05, 4.69) is 6.07 Å². The molecule has 0 spiro atoms. The van der Waals surface area contributed by atoms with Gasteiger partial charge in [0.15, 0.2) is 0 Å². The highest BCUT2D eigenvalue weighted by Crippen LogP contribution is 2.48. The van der Waals surface area contributed by atoms with Crippen LogP contribution in [0.4, 0.5) is 0 Å². The molecule has 0 heterocycles. The number of methoxy groups -OCH3 is 1. The van der Waals surface area contributed by atoms with Gasteiger partial charge in [0.05, 0.1) is 12.7 Å².